The fourth-order valence-corrected chi connectivity index (χ4v) is 6.77. The lowest BCUT2D eigenvalue weighted by atomic mass is 10.1. The highest BCUT2D eigenvalue weighted by molar-refractivity contribution is 7.99. The van der Waals surface area contributed by atoms with Crippen LogP contribution in [0.4, 0.5) is 22.9 Å². The number of hydrogen-bond acceptors (Lipinski definition) is 8. The molecular weight excluding hydrogens is 539 g/mol. The van der Waals surface area contributed by atoms with Gasteiger partial charge in [0.05, 0.1) is 22.0 Å². The van der Waals surface area contributed by atoms with Crippen LogP contribution in [0, 0.1) is 0 Å². The van der Waals surface area contributed by atoms with Gasteiger partial charge >= 0.3 is 0 Å². The summed E-state index contributed by atoms with van der Waals surface area (Å²) < 4.78 is 49.4. The van der Waals surface area contributed by atoms with Crippen LogP contribution in [-0.4, -0.2) is 46.6 Å². The van der Waals surface area contributed by atoms with Crippen LogP contribution in [-0.2, 0) is 26.2 Å². The number of benzene rings is 3. The van der Waals surface area contributed by atoms with Crippen LogP contribution in [0.3, 0.4) is 0 Å². The first-order valence-electron chi connectivity index (χ1n) is 11.9. The lowest BCUT2D eigenvalue weighted by molar-refractivity contribution is 0.600. The van der Waals surface area contributed by atoms with Gasteiger partial charge in [0, 0.05) is 52.8 Å². The van der Waals surface area contributed by atoms with E-state index in [4.69, 9.17) is 4.98 Å². The fraction of sp³-hybridized carbons (Fsp3) is 0.179. The predicted octanol–water partition coefficient (Wildman–Crippen LogP) is 5.47. The maximum absolute atomic E-state index is 12.3. The van der Waals surface area contributed by atoms with Crippen molar-refractivity contribution in [2.75, 3.05) is 34.6 Å². The van der Waals surface area contributed by atoms with Crippen LogP contribution in [0.15, 0.2) is 106 Å². The Morgan fingerprint density at radius 1 is 0.816 bits per heavy atom. The third kappa shape index (κ3) is 5.57. The zero-order chi connectivity index (χ0) is 26.9. The molecule has 0 saturated heterocycles. The molecule has 1 aliphatic rings. The van der Waals surface area contributed by atoms with Crippen molar-refractivity contribution >= 4 is 54.3 Å². The molecule has 0 N–H and O–H groups in total. The number of anilines is 4. The van der Waals surface area contributed by atoms with E-state index in [2.05, 4.69) is 17.0 Å². The lowest BCUT2D eigenvalue weighted by Gasteiger charge is -2.33. The summed E-state index contributed by atoms with van der Waals surface area (Å²) in [5.41, 5.74) is 3.27. The zero-order valence-corrected chi connectivity index (χ0v) is 23.4. The highest BCUT2D eigenvalue weighted by Crippen LogP contribution is 2.40. The van der Waals surface area contributed by atoms with E-state index >= 15 is 0 Å². The quantitative estimate of drug-likeness (QED) is 0.292. The molecule has 4 aromatic rings. The molecule has 5 rings (SSSR count). The number of pyridine rings is 1. The SMILES string of the molecule is CS(=O)(=O)c1cccc(N(Cc2cccnc2N2CCSc3ccccc32)c2cccc(S(C)(=O)=O)c2)c1. The fourth-order valence-electron chi connectivity index (χ4n) is 4.45. The molecule has 10 heteroatoms. The van der Waals surface area contributed by atoms with E-state index in [1.165, 1.54) is 17.4 Å². The second kappa shape index (κ2) is 10.4. The molecule has 0 atom stereocenters. The predicted molar refractivity (Wildman–Crippen MR) is 153 cm³/mol. The summed E-state index contributed by atoms with van der Waals surface area (Å²) in [6.45, 7) is 1.13. The van der Waals surface area contributed by atoms with Gasteiger partial charge in [-0.2, -0.15) is 0 Å². The summed E-state index contributed by atoms with van der Waals surface area (Å²) in [6, 6.07) is 25.5. The minimum Gasteiger partial charge on any atom is -0.337 e. The number of nitrogens with zero attached hydrogens (tertiary/aromatic N) is 3. The first-order chi connectivity index (χ1) is 18.1. The Bertz CT molecular complexity index is 1630. The summed E-state index contributed by atoms with van der Waals surface area (Å²) in [7, 11) is -6.90. The van der Waals surface area contributed by atoms with Crippen LogP contribution < -0.4 is 9.80 Å². The molecular formula is C28H27N3O4S3. The van der Waals surface area contributed by atoms with Crippen molar-refractivity contribution in [1.82, 2.24) is 4.98 Å². The van der Waals surface area contributed by atoms with Gasteiger partial charge in [0.1, 0.15) is 5.82 Å². The molecule has 0 spiro atoms. The molecule has 0 aliphatic carbocycles. The van der Waals surface area contributed by atoms with Crippen LogP contribution in [0.25, 0.3) is 0 Å². The van der Waals surface area contributed by atoms with Gasteiger partial charge in [-0.05, 0) is 54.6 Å². The Morgan fingerprint density at radius 3 is 2.08 bits per heavy atom. The van der Waals surface area contributed by atoms with Gasteiger partial charge in [0.25, 0.3) is 0 Å². The molecule has 7 nitrogen and oxygen atoms in total. The maximum atomic E-state index is 12.3. The number of rotatable bonds is 7. The minimum atomic E-state index is -3.45. The standard InChI is InChI=1S/C28H27N3O4S3/c1-37(32,33)24-11-5-9-22(18-24)31(23-10-6-12-25(19-23)38(2,34)35)20-21-8-7-15-29-28(21)30-16-17-36-27-14-4-3-13-26(27)30/h3-15,18-19H,16-17,20H2,1-2H3. The normalized spacial score (nSPS) is 13.7. The Morgan fingerprint density at radius 2 is 1.45 bits per heavy atom. The number of aromatic nitrogens is 1. The van der Waals surface area contributed by atoms with E-state index in [1.54, 1.807) is 42.6 Å². The molecule has 3 aromatic carbocycles. The molecule has 196 valence electrons. The second-order valence-corrected chi connectivity index (χ2v) is 14.2. The van der Waals surface area contributed by atoms with Crippen LogP contribution in [0.1, 0.15) is 5.56 Å². The van der Waals surface area contributed by atoms with Gasteiger partial charge in [0.2, 0.25) is 0 Å². The molecule has 2 heterocycles. The Balaban J connectivity index is 1.64. The number of fused-ring (bicyclic) bond motifs is 1. The first-order valence-corrected chi connectivity index (χ1v) is 16.7. The van der Waals surface area contributed by atoms with Crippen molar-refractivity contribution in [2.45, 2.75) is 21.2 Å². The maximum Gasteiger partial charge on any atom is 0.175 e. The molecule has 0 radical (unpaired) electrons. The molecule has 1 aliphatic heterocycles. The van der Waals surface area contributed by atoms with Gasteiger partial charge in [0.15, 0.2) is 19.7 Å². The molecule has 0 fully saturated rings. The van der Waals surface area contributed by atoms with Crippen molar-refractivity contribution in [3.05, 3.63) is 96.7 Å². The first kappa shape index (κ1) is 26.3. The van der Waals surface area contributed by atoms with E-state index < -0.39 is 19.7 Å². The van der Waals surface area contributed by atoms with E-state index in [9.17, 15) is 16.8 Å². The van der Waals surface area contributed by atoms with Crippen LogP contribution >= 0.6 is 11.8 Å². The van der Waals surface area contributed by atoms with Crippen molar-refractivity contribution in [2.24, 2.45) is 0 Å². The van der Waals surface area contributed by atoms with Crippen molar-refractivity contribution < 1.29 is 16.8 Å². The molecule has 0 unspecified atom stereocenters. The van der Waals surface area contributed by atoms with E-state index in [0.29, 0.717) is 17.9 Å². The van der Waals surface area contributed by atoms with Gasteiger partial charge < -0.3 is 9.80 Å². The summed E-state index contributed by atoms with van der Waals surface area (Å²) >= 11 is 1.81. The number of sulfone groups is 2. The van der Waals surface area contributed by atoms with E-state index in [-0.39, 0.29) is 9.79 Å². The molecule has 0 amide bonds. The van der Waals surface area contributed by atoms with Gasteiger partial charge in [-0.15, -0.1) is 11.8 Å². The third-order valence-corrected chi connectivity index (χ3v) is 9.56. The summed E-state index contributed by atoms with van der Waals surface area (Å²) in [5.74, 6) is 1.73. The van der Waals surface area contributed by atoms with Crippen LogP contribution in [0.2, 0.25) is 0 Å². The highest BCUT2D eigenvalue weighted by atomic mass is 32.2. The second-order valence-electron chi connectivity index (χ2n) is 9.08. The van der Waals surface area contributed by atoms with Gasteiger partial charge in [-0.3, -0.25) is 0 Å². The topological polar surface area (TPSA) is 87.7 Å². The summed E-state index contributed by atoms with van der Waals surface area (Å²) in [5, 5.41) is 0. The van der Waals surface area contributed by atoms with E-state index in [1.807, 2.05) is 53.1 Å². The number of hydrogen-bond donors (Lipinski definition) is 0. The average molecular weight is 566 g/mol. The summed E-state index contributed by atoms with van der Waals surface area (Å²) in [6.07, 6.45) is 4.11. The smallest absolute Gasteiger partial charge is 0.175 e. The number of para-hydroxylation sites is 1. The molecule has 1 aromatic heterocycles. The van der Waals surface area contributed by atoms with Crippen molar-refractivity contribution in [3.63, 3.8) is 0 Å². The minimum absolute atomic E-state index is 0.188. The largest absolute Gasteiger partial charge is 0.337 e. The third-order valence-electron chi connectivity index (χ3n) is 6.30. The van der Waals surface area contributed by atoms with Crippen molar-refractivity contribution in [1.29, 1.82) is 0 Å². The van der Waals surface area contributed by atoms with Gasteiger partial charge in [-0.25, -0.2) is 21.8 Å². The lowest BCUT2D eigenvalue weighted by Crippen LogP contribution is -2.27. The van der Waals surface area contributed by atoms with Gasteiger partial charge in [-0.1, -0.05) is 30.3 Å². The Hall–Kier alpha value is -3.34. The summed E-state index contributed by atoms with van der Waals surface area (Å²) in [4.78, 5) is 10.5. The van der Waals surface area contributed by atoms with Crippen molar-refractivity contribution in [3.8, 4) is 0 Å². The highest BCUT2D eigenvalue weighted by Gasteiger charge is 2.24. The molecule has 38 heavy (non-hydrogen) atoms. The van der Waals surface area contributed by atoms with Crippen LogP contribution in [0.5, 0.6) is 0 Å². The molecule has 0 bridgehead atoms. The zero-order valence-electron chi connectivity index (χ0n) is 21.0. The Labute approximate surface area is 228 Å². The number of thioether (sulfide) groups is 1. The van der Waals surface area contributed by atoms with E-state index in [0.717, 1.165) is 29.4 Å². The monoisotopic (exact) mass is 565 g/mol. The Kier molecular flexibility index (Phi) is 7.21. The molecule has 0 saturated carbocycles. The average Bonchev–Trinajstić information content (AvgIpc) is 2.91.